The number of amides is 1. The lowest BCUT2D eigenvalue weighted by Crippen LogP contribution is -2.49. The van der Waals surface area contributed by atoms with Gasteiger partial charge in [0, 0.05) is 36.7 Å². The van der Waals surface area contributed by atoms with Crippen LogP contribution >= 0.6 is 15.9 Å². The third-order valence-electron chi connectivity index (χ3n) is 4.18. The lowest BCUT2D eigenvalue weighted by molar-refractivity contribution is -0.130. The van der Waals surface area contributed by atoms with Crippen molar-refractivity contribution >= 4 is 27.5 Å². The highest BCUT2D eigenvalue weighted by Crippen LogP contribution is 2.22. The predicted octanol–water partition coefficient (Wildman–Crippen LogP) is 3.62. The molecule has 1 aliphatic heterocycles. The molecule has 0 bridgehead atoms. The average Bonchev–Trinajstić information content (AvgIpc) is 2.57. The normalized spacial score (nSPS) is 14.8. The molecule has 2 aromatic carbocycles. The Morgan fingerprint density at radius 3 is 2.42 bits per heavy atom. The molecule has 3 nitrogen and oxygen atoms in total. The fraction of sp³-hybridized carbons (Fsp3) is 0.278. The smallest absolute Gasteiger partial charge is 0.227 e. The van der Waals surface area contributed by atoms with Gasteiger partial charge in [0.15, 0.2) is 0 Å². The van der Waals surface area contributed by atoms with Crippen molar-refractivity contribution in [2.75, 3.05) is 31.1 Å². The molecule has 0 aliphatic carbocycles. The van der Waals surface area contributed by atoms with E-state index < -0.39 is 11.6 Å². The topological polar surface area (TPSA) is 23.6 Å². The highest BCUT2D eigenvalue weighted by Gasteiger charge is 2.23. The number of piperazine rings is 1. The monoisotopic (exact) mass is 394 g/mol. The number of anilines is 1. The van der Waals surface area contributed by atoms with Gasteiger partial charge in [-0.05, 0) is 23.8 Å². The molecule has 0 aromatic heterocycles. The first-order chi connectivity index (χ1) is 11.5. The summed E-state index contributed by atoms with van der Waals surface area (Å²) in [5.41, 5.74) is 1.34. The molecular formula is C18H17BrF2N2O. The number of benzene rings is 2. The van der Waals surface area contributed by atoms with E-state index in [4.69, 9.17) is 0 Å². The summed E-state index contributed by atoms with van der Waals surface area (Å²) in [6.07, 6.45) is 0.340. The van der Waals surface area contributed by atoms with E-state index in [0.717, 1.165) is 16.1 Å². The minimum absolute atomic E-state index is 0.0566. The van der Waals surface area contributed by atoms with Crippen LogP contribution in [0.1, 0.15) is 5.56 Å². The summed E-state index contributed by atoms with van der Waals surface area (Å²) in [4.78, 5) is 16.1. The molecule has 126 valence electrons. The lowest BCUT2D eigenvalue weighted by atomic mass is 10.1. The molecule has 1 saturated heterocycles. The fourth-order valence-electron chi connectivity index (χ4n) is 2.85. The van der Waals surface area contributed by atoms with Crippen LogP contribution in [-0.4, -0.2) is 37.0 Å². The van der Waals surface area contributed by atoms with E-state index in [1.54, 1.807) is 4.90 Å². The molecule has 0 unspecified atom stereocenters. The highest BCUT2D eigenvalue weighted by molar-refractivity contribution is 9.10. The van der Waals surface area contributed by atoms with E-state index in [-0.39, 0.29) is 5.91 Å². The summed E-state index contributed by atoms with van der Waals surface area (Å²) in [5, 5.41) is 0. The summed E-state index contributed by atoms with van der Waals surface area (Å²) >= 11 is 3.45. The van der Waals surface area contributed by atoms with Gasteiger partial charge >= 0.3 is 0 Å². The van der Waals surface area contributed by atoms with Gasteiger partial charge in [0.05, 0.1) is 12.1 Å². The molecular weight excluding hydrogens is 378 g/mol. The van der Waals surface area contributed by atoms with Crippen molar-refractivity contribution in [2.24, 2.45) is 0 Å². The van der Waals surface area contributed by atoms with E-state index in [1.165, 1.54) is 12.1 Å². The van der Waals surface area contributed by atoms with Crippen LogP contribution in [0.5, 0.6) is 0 Å². The third-order valence-corrected chi connectivity index (χ3v) is 4.96. The van der Waals surface area contributed by atoms with Gasteiger partial charge in [0.2, 0.25) is 5.91 Å². The second-order valence-electron chi connectivity index (χ2n) is 5.73. The molecule has 0 saturated carbocycles. The molecule has 1 aliphatic rings. The summed E-state index contributed by atoms with van der Waals surface area (Å²) in [6, 6.07) is 11.2. The van der Waals surface area contributed by atoms with Crippen LogP contribution in [0.4, 0.5) is 14.5 Å². The molecule has 0 spiro atoms. The van der Waals surface area contributed by atoms with Gasteiger partial charge in [-0.25, -0.2) is 8.78 Å². The van der Waals surface area contributed by atoms with Gasteiger partial charge in [0.1, 0.15) is 11.6 Å². The Bertz CT molecular complexity index is 746. The molecule has 3 rings (SSSR count). The maximum absolute atomic E-state index is 13.9. The molecule has 1 amide bonds. The highest BCUT2D eigenvalue weighted by atomic mass is 79.9. The zero-order valence-corrected chi connectivity index (χ0v) is 14.6. The van der Waals surface area contributed by atoms with Crippen molar-refractivity contribution < 1.29 is 13.6 Å². The Morgan fingerprint density at radius 1 is 1.04 bits per heavy atom. The quantitative estimate of drug-likeness (QED) is 0.793. The minimum atomic E-state index is -0.585. The summed E-state index contributed by atoms with van der Waals surface area (Å²) in [7, 11) is 0. The number of nitrogens with zero attached hydrogens (tertiary/aromatic N) is 2. The minimum Gasteiger partial charge on any atom is -0.366 e. The number of halogens is 3. The van der Waals surface area contributed by atoms with E-state index in [9.17, 15) is 13.6 Å². The van der Waals surface area contributed by atoms with Crippen molar-refractivity contribution in [1.82, 2.24) is 4.90 Å². The largest absolute Gasteiger partial charge is 0.366 e. The van der Waals surface area contributed by atoms with Crippen molar-refractivity contribution in [2.45, 2.75) is 6.42 Å². The Labute approximate surface area is 148 Å². The van der Waals surface area contributed by atoms with Crippen LogP contribution in [0.2, 0.25) is 0 Å². The molecule has 1 fully saturated rings. The van der Waals surface area contributed by atoms with E-state index in [0.29, 0.717) is 38.3 Å². The van der Waals surface area contributed by atoms with Gasteiger partial charge in [-0.1, -0.05) is 34.1 Å². The van der Waals surface area contributed by atoms with Crippen LogP contribution in [0.25, 0.3) is 0 Å². The molecule has 0 N–H and O–H groups in total. The SMILES string of the molecule is O=C(Cc1ccccc1Br)N1CCN(c2ccc(F)cc2F)CC1. The fourth-order valence-corrected chi connectivity index (χ4v) is 3.28. The Hall–Kier alpha value is -1.95. The predicted molar refractivity (Wildman–Crippen MR) is 93.0 cm³/mol. The van der Waals surface area contributed by atoms with Crippen molar-refractivity contribution in [3.8, 4) is 0 Å². The van der Waals surface area contributed by atoms with E-state index >= 15 is 0 Å². The van der Waals surface area contributed by atoms with Crippen molar-refractivity contribution in [1.29, 1.82) is 0 Å². The summed E-state index contributed by atoms with van der Waals surface area (Å²) in [5.74, 6) is -1.09. The maximum atomic E-state index is 13.9. The average molecular weight is 395 g/mol. The van der Waals surface area contributed by atoms with Gasteiger partial charge in [-0.3, -0.25) is 4.79 Å². The second kappa shape index (κ2) is 7.30. The van der Waals surface area contributed by atoms with Gasteiger partial charge in [-0.2, -0.15) is 0 Å². The molecule has 0 radical (unpaired) electrons. The number of hydrogen-bond donors (Lipinski definition) is 0. The molecule has 0 atom stereocenters. The standard InChI is InChI=1S/C18H17BrF2N2O/c19-15-4-2-1-3-13(15)11-18(24)23-9-7-22(8-10-23)17-6-5-14(20)12-16(17)21/h1-6,12H,7-11H2. The number of rotatable bonds is 3. The first-order valence-corrected chi connectivity index (χ1v) is 8.55. The number of hydrogen-bond acceptors (Lipinski definition) is 2. The Balaban J connectivity index is 1.60. The Morgan fingerprint density at radius 2 is 1.75 bits per heavy atom. The maximum Gasteiger partial charge on any atom is 0.227 e. The van der Waals surface area contributed by atoms with E-state index in [1.807, 2.05) is 29.2 Å². The summed E-state index contributed by atoms with van der Waals surface area (Å²) in [6.45, 7) is 2.12. The second-order valence-corrected chi connectivity index (χ2v) is 6.59. The zero-order valence-electron chi connectivity index (χ0n) is 13.0. The third kappa shape index (κ3) is 3.75. The molecule has 24 heavy (non-hydrogen) atoms. The lowest BCUT2D eigenvalue weighted by Gasteiger charge is -2.36. The van der Waals surface area contributed by atoms with Crippen molar-refractivity contribution in [3.05, 3.63) is 64.1 Å². The van der Waals surface area contributed by atoms with Gasteiger partial charge in [0.25, 0.3) is 0 Å². The molecule has 1 heterocycles. The van der Waals surface area contributed by atoms with Gasteiger partial charge in [-0.15, -0.1) is 0 Å². The van der Waals surface area contributed by atoms with Crippen LogP contribution in [-0.2, 0) is 11.2 Å². The van der Waals surface area contributed by atoms with Crippen LogP contribution in [0, 0.1) is 11.6 Å². The summed E-state index contributed by atoms with van der Waals surface area (Å²) < 4.78 is 27.8. The van der Waals surface area contributed by atoms with Crippen LogP contribution in [0.3, 0.4) is 0 Å². The molecule has 2 aromatic rings. The van der Waals surface area contributed by atoms with E-state index in [2.05, 4.69) is 15.9 Å². The number of carbonyl (C=O) groups excluding carboxylic acids is 1. The zero-order chi connectivity index (χ0) is 17.1. The van der Waals surface area contributed by atoms with Crippen LogP contribution < -0.4 is 4.90 Å². The first kappa shape index (κ1) is 16.9. The molecule has 6 heteroatoms. The Kier molecular flexibility index (Phi) is 5.14. The number of carbonyl (C=O) groups is 1. The van der Waals surface area contributed by atoms with Crippen LogP contribution in [0.15, 0.2) is 46.9 Å². The van der Waals surface area contributed by atoms with Crippen molar-refractivity contribution in [3.63, 3.8) is 0 Å². The first-order valence-electron chi connectivity index (χ1n) is 7.76. The van der Waals surface area contributed by atoms with Gasteiger partial charge < -0.3 is 9.80 Å².